The summed E-state index contributed by atoms with van der Waals surface area (Å²) >= 11 is 9.32. The van der Waals surface area contributed by atoms with Crippen LogP contribution in [0.25, 0.3) is 0 Å². The van der Waals surface area contributed by atoms with Gasteiger partial charge in [-0.3, -0.25) is 4.79 Å². The molecule has 0 bridgehead atoms. The minimum absolute atomic E-state index is 0.0825. The monoisotopic (exact) mass is 375 g/mol. The highest BCUT2D eigenvalue weighted by atomic mass is 79.9. The van der Waals surface area contributed by atoms with E-state index in [1.807, 2.05) is 0 Å². The number of rotatable bonds is 8. The number of benzene rings is 1. The van der Waals surface area contributed by atoms with Crippen molar-refractivity contribution < 1.29 is 9.53 Å². The second-order valence-electron chi connectivity index (χ2n) is 5.89. The van der Waals surface area contributed by atoms with Crippen LogP contribution in [0.1, 0.15) is 33.6 Å². The molecule has 118 valence electrons. The van der Waals surface area contributed by atoms with E-state index in [9.17, 15) is 4.79 Å². The van der Waals surface area contributed by atoms with Crippen molar-refractivity contribution in [3.8, 4) is 5.75 Å². The zero-order valence-corrected chi connectivity index (χ0v) is 15.1. The van der Waals surface area contributed by atoms with Gasteiger partial charge in [-0.2, -0.15) is 0 Å². The molecule has 0 spiro atoms. The maximum absolute atomic E-state index is 12.1. The van der Waals surface area contributed by atoms with Gasteiger partial charge in [-0.15, -0.1) is 0 Å². The van der Waals surface area contributed by atoms with Crippen molar-refractivity contribution in [2.75, 3.05) is 11.9 Å². The number of nitrogens with one attached hydrogen (secondary N) is 1. The number of carbonyl (C=O) groups is 1. The van der Waals surface area contributed by atoms with E-state index in [4.69, 9.17) is 16.3 Å². The lowest BCUT2D eigenvalue weighted by molar-refractivity contribution is -0.127. The van der Waals surface area contributed by atoms with Crippen LogP contribution in [0.2, 0.25) is 5.02 Å². The van der Waals surface area contributed by atoms with Gasteiger partial charge in [-0.1, -0.05) is 47.4 Å². The fourth-order valence-electron chi connectivity index (χ4n) is 1.90. The van der Waals surface area contributed by atoms with E-state index in [1.54, 1.807) is 31.2 Å². The van der Waals surface area contributed by atoms with E-state index in [1.165, 1.54) is 0 Å². The van der Waals surface area contributed by atoms with Crippen molar-refractivity contribution in [1.82, 2.24) is 5.32 Å². The Labute approximate surface area is 140 Å². The summed E-state index contributed by atoms with van der Waals surface area (Å²) in [4.78, 5) is 12.1. The highest BCUT2D eigenvalue weighted by molar-refractivity contribution is 9.09. The van der Waals surface area contributed by atoms with Crippen LogP contribution in [0.15, 0.2) is 24.3 Å². The van der Waals surface area contributed by atoms with Crippen molar-refractivity contribution in [3.63, 3.8) is 0 Å². The van der Waals surface area contributed by atoms with Gasteiger partial charge in [0.15, 0.2) is 6.10 Å². The Balaban J connectivity index is 2.44. The van der Waals surface area contributed by atoms with E-state index in [2.05, 4.69) is 35.1 Å². The maximum atomic E-state index is 12.1. The molecule has 1 N–H and O–H groups in total. The van der Waals surface area contributed by atoms with Gasteiger partial charge in [0.1, 0.15) is 5.75 Å². The van der Waals surface area contributed by atoms with Crippen LogP contribution < -0.4 is 10.1 Å². The van der Waals surface area contributed by atoms with Gasteiger partial charge < -0.3 is 10.1 Å². The van der Waals surface area contributed by atoms with Gasteiger partial charge in [-0.05, 0) is 43.4 Å². The van der Waals surface area contributed by atoms with E-state index in [0.29, 0.717) is 17.3 Å². The molecule has 0 aromatic heterocycles. The summed E-state index contributed by atoms with van der Waals surface area (Å²) in [7, 11) is 0. The lowest BCUT2D eigenvalue weighted by Gasteiger charge is -2.25. The molecule has 1 unspecified atom stereocenters. The number of halogens is 2. The van der Waals surface area contributed by atoms with E-state index in [-0.39, 0.29) is 11.3 Å². The lowest BCUT2D eigenvalue weighted by atomic mass is 9.88. The first-order valence-corrected chi connectivity index (χ1v) is 8.60. The third-order valence-electron chi connectivity index (χ3n) is 3.21. The minimum Gasteiger partial charge on any atom is -0.481 e. The summed E-state index contributed by atoms with van der Waals surface area (Å²) < 4.78 is 5.60. The molecule has 0 saturated carbocycles. The first kappa shape index (κ1) is 18.3. The van der Waals surface area contributed by atoms with Gasteiger partial charge in [0.05, 0.1) is 0 Å². The Morgan fingerprint density at radius 2 is 2.19 bits per heavy atom. The average Bonchev–Trinajstić information content (AvgIpc) is 2.42. The summed E-state index contributed by atoms with van der Waals surface area (Å²) in [6.07, 6.45) is 1.61. The van der Waals surface area contributed by atoms with Crippen molar-refractivity contribution in [3.05, 3.63) is 29.3 Å². The van der Waals surface area contributed by atoms with Gasteiger partial charge in [0.2, 0.25) is 0 Å². The van der Waals surface area contributed by atoms with Crippen molar-refractivity contribution in [2.45, 2.75) is 39.7 Å². The molecule has 3 nitrogen and oxygen atoms in total. The minimum atomic E-state index is -0.546. The standard InChI is InChI=1S/C16H23BrClNO2/c1-12(21-14-7-4-6-13(18)10-14)15(20)19-11-16(2,3)8-5-9-17/h4,6-7,10,12H,5,8-9,11H2,1-3H3,(H,19,20). The quantitative estimate of drug-likeness (QED) is 0.682. The number of amides is 1. The van der Waals surface area contributed by atoms with E-state index >= 15 is 0 Å². The lowest BCUT2D eigenvalue weighted by Crippen LogP contribution is -2.41. The van der Waals surface area contributed by atoms with Crippen molar-refractivity contribution >= 4 is 33.4 Å². The van der Waals surface area contributed by atoms with Crippen LogP contribution in [-0.2, 0) is 4.79 Å². The molecule has 0 radical (unpaired) electrons. The Bertz CT molecular complexity index is 465. The summed E-state index contributed by atoms with van der Waals surface area (Å²) in [5, 5.41) is 4.53. The predicted octanol–water partition coefficient (Wildman–Crippen LogP) is 4.42. The van der Waals surface area contributed by atoms with Gasteiger partial charge in [-0.25, -0.2) is 0 Å². The fraction of sp³-hybridized carbons (Fsp3) is 0.562. The molecule has 1 atom stereocenters. The van der Waals surface area contributed by atoms with Gasteiger partial charge in [0.25, 0.3) is 5.91 Å². The molecule has 21 heavy (non-hydrogen) atoms. The van der Waals surface area contributed by atoms with Gasteiger partial charge in [0, 0.05) is 16.9 Å². The molecule has 1 aromatic rings. The molecule has 0 fully saturated rings. The smallest absolute Gasteiger partial charge is 0.260 e. The molecular weight excluding hydrogens is 354 g/mol. The zero-order valence-electron chi connectivity index (χ0n) is 12.8. The molecule has 1 rings (SSSR count). The van der Waals surface area contributed by atoms with Crippen molar-refractivity contribution in [2.24, 2.45) is 5.41 Å². The molecule has 0 aliphatic carbocycles. The zero-order chi connectivity index (χ0) is 15.9. The average molecular weight is 377 g/mol. The van der Waals surface area contributed by atoms with Crippen LogP contribution >= 0.6 is 27.5 Å². The van der Waals surface area contributed by atoms with Crippen LogP contribution in [0.4, 0.5) is 0 Å². The first-order chi connectivity index (χ1) is 9.84. The molecule has 1 amide bonds. The van der Waals surface area contributed by atoms with E-state index in [0.717, 1.165) is 18.2 Å². The molecule has 0 aliphatic heterocycles. The number of carbonyl (C=O) groups excluding carboxylic acids is 1. The Morgan fingerprint density at radius 3 is 2.81 bits per heavy atom. The second kappa shape index (κ2) is 8.64. The van der Waals surface area contributed by atoms with Crippen LogP contribution in [0.3, 0.4) is 0 Å². The summed E-state index contributed by atoms with van der Waals surface area (Å²) in [6.45, 7) is 6.68. The van der Waals surface area contributed by atoms with Crippen LogP contribution in [0.5, 0.6) is 5.75 Å². The van der Waals surface area contributed by atoms with Crippen LogP contribution in [0, 0.1) is 5.41 Å². The molecule has 0 saturated heterocycles. The topological polar surface area (TPSA) is 38.3 Å². The van der Waals surface area contributed by atoms with E-state index < -0.39 is 6.10 Å². The van der Waals surface area contributed by atoms with Crippen LogP contribution in [-0.4, -0.2) is 23.9 Å². The fourth-order valence-corrected chi connectivity index (χ4v) is 2.36. The maximum Gasteiger partial charge on any atom is 0.260 e. The first-order valence-electron chi connectivity index (χ1n) is 7.10. The number of hydrogen-bond donors (Lipinski definition) is 1. The number of alkyl halides is 1. The Morgan fingerprint density at radius 1 is 1.48 bits per heavy atom. The normalized spacial score (nSPS) is 12.8. The number of hydrogen-bond acceptors (Lipinski definition) is 2. The third kappa shape index (κ3) is 7.18. The Kier molecular flexibility index (Phi) is 7.53. The SMILES string of the molecule is CC(Oc1cccc(Cl)c1)C(=O)NCC(C)(C)CCCBr. The molecule has 1 aromatic carbocycles. The largest absolute Gasteiger partial charge is 0.481 e. The molecular formula is C16H23BrClNO2. The summed E-state index contributed by atoms with van der Waals surface area (Å²) in [5.74, 6) is 0.491. The second-order valence-corrected chi connectivity index (χ2v) is 7.12. The molecule has 0 heterocycles. The molecule has 0 aliphatic rings. The van der Waals surface area contributed by atoms with Gasteiger partial charge >= 0.3 is 0 Å². The molecule has 5 heteroatoms. The summed E-state index contributed by atoms with van der Waals surface area (Å²) in [5.41, 5.74) is 0.0825. The summed E-state index contributed by atoms with van der Waals surface area (Å²) in [6, 6.07) is 7.05. The predicted molar refractivity (Wildman–Crippen MR) is 91.4 cm³/mol. The van der Waals surface area contributed by atoms with Crippen molar-refractivity contribution in [1.29, 1.82) is 0 Å². The third-order valence-corrected chi connectivity index (χ3v) is 4.00. The highest BCUT2D eigenvalue weighted by Gasteiger charge is 2.21. The number of ether oxygens (including phenoxy) is 1. The Hall–Kier alpha value is -0.740. The highest BCUT2D eigenvalue weighted by Crippen LogP contribution is 2.22.